The van der Waals surface area contributed by atoms with Crippen LogP contribution >= 0.6 is 11.6 Å². The third-order valence-electron chi connectivity index (χ3n) is 2.93. The molecule has 0 aliphatic rings. The predicted octanol–water partition coefficient (Wildman–Crippen LogP) is 2.91. The summed E-state index contributed by atoms with van der Waals surface area (Å²) in [7, 11) is 1.71. The molecule has 6 nitrogen and oxygen atoms in total. The van der Waals surface area contributed by atoms with Gasteiger partial charge in [0.05, 0.1) is 11.0 Å². The third kappa shape index (κ3) is 2.80. The van der Waals surface area contributed by atoms with E-state index < -0.39 is 0 Å². The van der Waals surface area contributed by atoms with Crippen LogP contribution < -0.4 is 10.6 Å². The number of para-hydroxylation sites is 2. The Morgan fingerprint density at radius 1 is 1.24 bits per heavy atom. The zero-order valence-electron chi connectivity index (χ0n) is 11.1. The Kier molecular flexibility index (Phi) is 3.45. The Balaban J connectivity index is 1.87. The van der Waals surface area contributed by atoms with Crippen LogP contribution in [0.4, 0.5) is 11.8 Å². The van der Waals surface area contributed by atoms with Gasteiger partial charge in [-0.1, -0.05) is 23.7 Å². The Morgan fingerprint density at radius 3 is 2.81 bits per heavy atom. The zero-order chi connectivity index (χ0) is 14.8. The van der Waals surface area contributed by atoms with Crippen LogP contribution in [0.2, 0.25) is 5.15 Å². The third-order valence-corrected chi connectivity index (χ3v) is 3.13. The lowest BCUT2D eigenvalue weighted by Crippen LogP contribution is -2.13. The summed E-state index contributed by atoms with van der Waals surface area (Å²) in [6.45, 7) is 0. The maximum atomic E-state index is 12.2. The van der Waals surface area contributed by atoms with Gasteiger partial charge in [0.15, 0.2) is 0 Å². The van der Waals surface area contributed by atoms with Gasteiger partial charge in [0.1, 0.15) is 11.0 Å². The van der Waals surface area contributed by atoms with Crippen molar-refractivity contribution < 1.29 is 4.79 Å². The number of fused-ring (bicyclic) bond motifs is 1. The number of nitrogens with zero attached hydrogens (tertiary/aromatic N) is 2. The molecule has 7 heteroatoms. The number of pyridine rings is 1. The lowest BCUT2D eigenvalue weighted by molar-refractivity contribution is 0.102. The Bertz CT molecular complexity index is 781. The molecular weight excluding hydrogens is 290 g/mol. The monoisotopic (exact) mass is 301 g/mol. The molecule has 0 fully saturated rings. The molecule has 0 spiro atoms. The van der Waals surface area contributed by atoms with Gasteiger partial charge >= 0.3 is 0 Å². The summed E-state index contributed by atoms with van der Waals surface area (Å²) >= 11 is 5.89. The molecule has 2 aromatic heterocycles. The first-order chi connectivity index (χ1) is 10.2. The summed E-state index contributed by atoms with van der Waals surface area (Å²) in [4.78, 5) is 23.6. The number of carbonyl (C=O) groups excluding carboxylic acids is 1. The van der Waals surface area contributed by atoms with E-state index in [1.165, 1.54) is 6.07 Å². The summed E-state index contributed by atoms with van der Waals surface area (Å²) in [5, 5.41) is 5.80. The number of hydrogen-bond donors (Lipinski definition) is 3. The molecular formula is C14H12ClN5O. The highest BCUT2D eigenvalue weighted by atomic mass is 35.5. The van der Waals surface area contributed by atoms with Crippen molar-refractivity contribution in [3.05, 3.63) is 47.1 Å². The van der Waals surface area contributed by atoms with Crippen LogP contribution in [-0.4, -0.2) is 27.9 Å². The van der Waals surface area contributed by atoms with E-state index in [1.54, 1.807) is 13.1 Å². The number of rotatable bonds is 3. The number of benzene rings is 1. The molecule has 1 aromatic carbocycles. The fraction of sp³-hybridized carbons (Fsp3) is 0.0714. The molecule has 0 atom stereocenters. The van der Waals surface area contributed by atoms with Gasteiger partial charge in [-0.25, -0.2) is 9.97 Å². The molecule has 21 heavy (non-hydrogen) atoms. The summed E-state index contributed by atoms with van der Waals surface area (Å²) in [5.74, 6) is 0.604. The van der Waals surface area contributed by atoms with Crippen LogP contribution in [0.15, 0.2) is 36.4 Å². The molecule has 3 N–H and O–H groups in total. The maximum absolute atomic E-state index is 12.2. The Morgan fingerprint density at radius 2 is 2.05 bits per heavy atom. The molecule has 2 heterocycles. The summed E-state index contributed by atoms with van der Waals surface area (Å²) in [5.41, 5.74) is 2.05. The number of hydrogen-bond acceptors (Lipinski definition) is 4. The van der Waals surface area contributed by atoms with E-state index in [0.29, 0.717) is 17.3 Å². The van der Waals surface area contributed by atoms with Crippen molar-refractivity contribution in [2.75, 3.05) is 17.7 Å². The van der Waals surface area contributed by atoms with Crippen LogP contribution in [0.3, 0.4) is 0 Å². The smallest absolute Gasteiger partial charge is 0.258 e. The van der Waals surface area contributed by atoms with E-state index in [9.17, 15) is 4.79 Å². The van der Waals surface area contributed by atoms with E-state index in [0.717, 1.165) is 11.0 Å². The number of H-pyrrole nitrogens is 1. The second kappa shape index (κ2) is 5.41. The number of aromatic amines is 1. The average molecular weight is 302 g/mol. The first-order valence-corrected chi connectivity index (χ1v) is 6.65. The van der Waals surface area contributed by atoms with Crippen LogP contribution in [0.5, 0.6) is 0 Å². The molecule has 1 amide bonds. The molecule has 3 aromatic rings. The minimum atomic E-state index is -0.310. The number of imidazole rings is 1. The standard InChI is InChI=1S/C14H12ClN5O/c1-16-12-7-8(6-11(15)19-12)13(21)20-14-17-9-4-2-3-5-10(9)18-14/h2-7H,1H3,(H,16,19)(H2,17,18,20,21). The lowest BCUT2D eigenvalue weighted by atomic mass is 10.2. The van der Waals surface area contributed by atoms with Gasteiger partial charge in [0.25, 0.3) is 5.91 Å². The van der Waals surface area contributed by atoms with Crippen molar-refractivity contribution in [3.63, 3.8) is 0 Å². The van der Waals surface area contributed by atoms with Gasteiger partial charge in [0, 0.05) is 12.6 Å². The van der Waals surface area contributed by atoms with Crippen molar-refractivity contribution in [1.29, 1.82) is 0 Å². The quantitative estimate of drug-likeness (QED) is 0.650. The van der Waals surface area contributed by atoms with Gasteiger partial charge in [-0.15, -0.1) is 0 Å². The minimum absolute atomic E-state index is 0.247. The first kappa shape index (κ1) is 13.4. The molecule has 0 aliphatic carbocycles. The number of nitrogens with one attached hydrogen (secondary N) is 3. The van der Waals surface area contributed by atoms with Crippen molar-refractivity contribution in [3.8, 4) is 0 Å². The molecule has 0 aliphatic heterocycles. The van der Waals surface area contributed by atoms with E-state index >= 15 is 0 Å². The molecule has 0 saturated heterocycles. The minimum Gasteiger partial charge on any atom is -0.373 e. The van der Waals surface area contributed by atoms with E-state index in [4.69, 9.17) is 11.6 Å². The molecule has 3 rings (SSSR count). The summed E-state index contributed by atoms with van der Waals surface area (Å²) in [6, 6.07) is 10.7. The second-order valence-corrected chi connectivity index (χ2v) is 4.76. The molecule has 0 unspecified atom stereocenters. The molecule has 0 bridgehead atoms. The van der Waals surface area contributed by atoms with Crippen LogP contribution in [-0.2, 0) is 0 Å². The van der Waals surface area contributed by atoms with Crippen molar-refractivity contribution >= 4 is 40.3 Å². The Labute approximate surface area is 125 Å². The van der Waals surface area contributed by atoms with E-state index in [1.807, 2.05) is 24.3 Å². The fourth-order valence-corrected chi connectivity index (χ4v) is 2.16. The summed E-state index contributed by atoms with van der Waals surface area (Å²) in [6.07, 6.45) is 0. The van der Waals surface area contributed by atoms with Crippen molar-refractivity contribution in [2.45, 2.75) is 0 Å². The highest BCUT2D eigenvalue weighted by molar-refractivity contribution is 6.30. The lowest BCUT2D eigenvalue weighted by Gasteiger charge is -2.05. The number of anilines is 2. The number of halogens is 1. The fourth-order valence-electron chi connectivity index (χ4n) is 1.95. The highest BCUT2D eigenvalue weighted by Crippen LogP contribution is 2.17. The van der Waals surface area contributed by atoms with E-state index in [-0.39, 0.29) is 11.1 Å². The number of aromatic nitrogens is 3. The predicted molar refractivity (Wildman–Crippen MR) is 82.8 cm³/mol. The van der Waals surface area contributed by atoms with Crippen LogP contribution in [0, 0.1) is 0 Å². The topological polar surface area (TPSA) is 82.7 Å². The van der Waals surface area contributed by atoms with Crippen LogP contribution in [0.1, 0.15) is 10.4 Å². The van der Waals surface area contributed by atoms with Crippen molar-refractivity contribution in [1.82, 2.24) is 15.0 Å². The van der Waals surface area contributed by atoms with E-state index in [2.05, 4.69) is 25.6 Å². The first-order valence-electron chi connectivity index (χ1n) is 6.27. The SMILES string of the molecule is CNc1cc(C(=O)Nc2nc3ccccc3[nH]2)cc(Cl)n1. The zero-order valence-corrected chi connectivity index (χ0v) is 11.9. The summed E-state index contributed by atoms with van der Waals surface area (Å²) < 4.78 is 0. The molecule has 0 radical (unpaired) electrons. The normalized spacial score (nSPS) is 10.6. The number of carbonyl (C=O) groups is 1. The van der Waals surface area contributed by atoms with Gasteiger partial charge in [-0.2, -0.15) is 0 Å². The van der Waals surface area contributed by atoms with Gasteiger partial charge in [-0.05, 0) is 24.3 Å². The Hall–Kier alpha value is -2.60. The average Bonchev–Trinajstić information content (AvgIpc) is 2.88. The van der Waals surface area contributed by atoms with Crippen molar-refractivity contribution in [2.24, 2.45) is 0 Å². The maximum Gasteiger partial charge on any atom is 0.258 e. The largest absolute Gasteiger partial charge is 0.373 e. The second-order valence-electron chi connectivity index (χ2n) is 4.37. The van der Waals surface area contributed by atoms with Gasteiger partial charge in [0.2, 0.25) is 5.95 Å². The highest BCUT2D eigenvalue weighted by Gasteiger charge is 2.11. The number of amides is 1. The van der Waals surface area contributed by atoms with Gasteiger partial charge in [-0.3, -0.25) is 10.1 Å². The molecule has 106 valence electrons. The van der Waals surface area contributed by atoms with Crippen LogP contribution in [0.25, 0.3) is 11.0 Å². The molecule has 0 saturated carbocycles. The van der Waals surface area contributed by atoms with Gasteiger partial charge < -0.3 is 10.3 Å².